The molecule has 132 valence electrons. The number of hydrogen-bond acceptors (Lipinski definition) is 5. The number of carbonyl (C=O) groups is 2. The molecule has 2 saturated heterocycles. The summed E-state index contributed by atoms with van der Waals surface area (Å²) in [5.41, 5.74) is -0.888. The summed E-state index contributed by atoms with van der Waals surface area (Å²) in [5.74, 6) is -0.272. The van der Waals surface area contributed by atoms with Crippen LogP contribution in [0.3, 0.4) is 0 Å². The van der Waals surface area contributed by atoms with Gasteiger partial charge in [0, 0.05) is 53.3 Å². The van der Waals surface area contributed by atoms with Crippen molar-refractivity contribution in [2.75, 3.05) is 47.0 Å². The minimum Gasteiger partial charge on any atom is -0.388 e. The Bertz CT molecular complexity index is 423. The molecular weight excluding hydrogens is 300 g/mol. The Morgan fingerprint density at radius 2 is 2.13 bits per heavy atom. The Hall–Kier alpha value is -1.18. The van der Waals surface area contributed by atoms with E-state index < -0.39 is 11.7 Å². The zero-order valence-corrected chi connectivity index (χ0v) is 14.1. The molecular formula is C16H28N2O5. The first-order valence-electron chi connectivity index (χ1n) is 8.31. The minimum atomic E-state index is -0.888. The van der Waals surface area contributed by atoms with Crippen LogP contribution in [0.2, 0.25) is 0 Å². The summed E-state index contributed by atoms with van der Waals surface area (Å²) >= 11 is 0. The first-order chi connectivity index (χ1) is 10.9. The Balaban J connectivity index is 1.90. The SMILES string of the molecule is COC1CCCCN(CC(=O)N(C)CC2(O)CCOCC2)C1=O. The lowest BCUT2D eigenvalue weighted by Crippen LogP contribution is -2.50. The maximum Gasteiger partial charge on any atom is 0.252 e. The smallest absolute Gasteiger partial charge is 0.252 e. The van der Waals surface area contributed by atoms with Crippen LogP contribution in [0.4, 0.5) is 0 Å². The lowest BCUT2D eigenvalue weighted by atomic mass is 9.94. The number of likely N-dealkylation sites (tertiary alicyclic amines) is 1. The number of rotatable bonds is 5. The predicted octanol–water partition coefficient (Wildman–Crippen LogP) is 0.0138. The molecule has 23 heavy (non-hydrogen) atoms. The zero-order chi connectivity index (χ0) is 16.9. The number of aliphatic hydroxyl groups is 1. The maximum absolute atomic E-state index is 12.4. The second-order valence-corrected chi connectivity index (χ2v) is 6.57. The molecule has 0 aromatic carbocycles. The van der Waals surface area contributed by atoms with E-state index in [1.54, 1.807) is 11.9 Å². The lowest BCUT2D eigenvalue weighted by molar-refractivity contribution is -0.148. The van der Waals surface area contributed by atoms with Crippen LogP contribution in [0.5, 0.6) is 0 Å². The molecule has 7 heteroatoms. The number of nitrogens with zero attached hydrogens (tertiary/aromatic N) is 2. The van der Waals surface area contributed by atoms with E-state index >= 15 is 0 Å². The van der Waals surface area contributed by atoms with Crippen molar-refractivity contribution < 1.29 is 24.2 Å². The number of likely N-dealkylation sites (N-methyl/N-ethyl adjacent to an activating group) is 1. The molecule has 1 unspecified atom stereocenters. The number of ether oxygens (including phenoxy) is 2. The molecule has 2 fully saturated rings. The second-order valence-electron chi connectivity index (χ2n) is 6.57. The minimum absolute atomic E-state index is 0.0434. The summed E-state index contributed by atoms with van der Waals surface area (Å²) in [5, 5.41) is 10.5. The number of amides is 2. The largest absolute Gasteiger partial charge is 0.388 e. The van der Waals surface area contributed by atoms with Crippen molar-refractivity contribution in [1.29, 1.82) is 0 Å². The van der Waals surface area contributed by atoms with E-state index in [1.165, 1.54) is 12.0 Å². The molecule has 2 aliphatic heterocycles. The van der Waals surface area contributed by atoms with Crippen molar-refractivity contribution >= 4 is 11.8 Å². The highest BCUT2D eigenvalue weighted by molar-refractivity contribution is 5.87. The first kappa shape index (κ1) is 18.2. The van der Waals surface area contributed by atoms with E-state index in [1.807, 2.05) is 0 Å². The van der Waals surface area contributed by atoms with Crippen LogP contribution in [0.25, 0.3) is 0 Å². The van der Waals surface area contributed by atoms with Crippen molar-refractivity contribution in [1.82, 2.24) is 9.80 Å². The molecule has 0 spiro atoms. The lowest BCUT2D eigenvalue weighted by Gasteiger charge is -2.36. The average molecular weight is 328 g/mol. The van der Waals surface area contributed by atoms with Gasteiger partial charge < -0.3 is 24.4 Å². The summed E-state index contributed by atoms with van der Waals surface area (Å²) in [6.45, 7) is 1.92. The molecule has 0 aliphatic carbocycles. The fourth-order valence-electron chi connectivity index (χ4n) is 3.17. The van der Waals surface area contributed by atoms with Gasteiger partial charge in [0.1, 0.15) is 6.10 Å². The highest BCUT2D eigenvalue weighted by Crippen LogP contribution is 2.21. The normalized spacial score (nSPS) is 25.1. The first-order valence-corrected chi connectivity index (χ1v) is 8.31. The van der Waals surface area contributed by atoms with Crippen LogP contribution < -0.4 is 0 Å². The Morgan fingerprint density at radius 1 is 1.43 bits per heavy atom. The number of carbonyl (C=O) groups excluding carboxylic acids is 2. The van der Waals surface area contributed by atoms with Crippen molar-refractivity contribution in [3.05, 3.63) is 0 Å². The maximum atomic E-state index is 12.4. The summed E-state index contributed by atoms with van der Waals surface area (Å²) in [4.78, 5) is 27.9. The zero-order valence-electron chi connectivity index (χ0n) is 14.1. The van der Waals surface area contributed by atoms with Crippen LogP contribution >= 0.6 is 0 Å². The molecule has 0 saturated carbocycles. The van der Waals surface area contributed by atoms with Gasteiger partial charge in [0.25, 0.3) is 5.91 Å². The summed E-state index contributed by atoms with van der Waals surface area (Å²) in [6.07, 6.45) is 3.11. The molecule has 1 atom stereocenters. The molecule has 7 nitrogen and oxygen atoms in total. The molecule has 2 amide bonds. The highest BCUT2D eigenvalue weighted by Gasteiger charge is 2.34. The van der Waals surface area contributed by atoms with E-state index in [4.69, 9.17) is 9.47 Å². The van der Waals surface area contributed by atoms with Crippen molar-refractivity contribution in [3.63, 3.8) is 0 Å². The van der Waals surface area contributed by atoms with Gasteiger partial charge in [-0.1, -0.05) is 0 Å². The van der Waals surface area contributed by atoms with Crippen LogP contribution in [0.1, 0.15) is 32.1 Å². The van der Waals surface area contributed by atoms with Gasteiger partial charge in [0.2, 0.25) is 5.91 Å². The van der Waals surface area contributed by atoms with Crippen LogP contribution in [-0.4, -0.2) is 85.4 Å². The monoisotopic (exact) mass is 328 g/mol. The topological polar surface area (TPSA) is 79.3 Å². The second kappa shape index (κ2) is 8.08. The molecule has 2 aliphatic rings. The quantitative estimate of drug-likeness (QED) is 0.769. The average Bonchev–Trinajstić information content (AvgIpc) is 2.69. The summed E-state index contributed by atoms with van der Waals surface area (Å²) < 4.78 is 10.5. The van der Waals surface area contributed by atoms with Gasteiger partial charge in [0.05, 0.1) is 12.1 Å². The Kier molecular flexibility index (Phi) is 6.38. The van der Waals surface area contributed by atoms with Crippen molar-refractivity contribution in [3.8, 4) is 0 Å². The van der Waals surface area contributed by atoms with Gasteiger partial charge in [-0.05, 0) is 19.3 Å². The van der Waals surface area contributed by atoms with Crippen LogP contribution in [0, 0.1) is 0 Å². The van der Waals surface area contributed by atoms with Gasteiger partial charge in [-0.15, -0.1) is 0 Å². The van der Waals surface area contributed by atoms with E-state index in [2.05, 4.69) is 0 Å². The number of hydrogen-bond donors (Lipinski definition) is 1. The number of methoxy groups -OCH3 is 1. The highest BCUT2D eigenvalue weighted by atomic mass is 16.5. The molecule has 2 rings (SSSR count). The van der Waals surface area contributed by atoms with Crippen molar-refractivity contribution in [2.24, 2.45) is 0 Å². The molecule has 0 bridgehead atoms. The fourth-order valence-corrected chi connectivity index (χ4v) is 3.17. The predicted molar refractivity (Wildman–Crippen MR) is 83.9 cm³/mol. The van der Waals surface area contributed by atoms with Crippen LogP contribution in [0.15, 0.2) is 0 Å². The third-order valence-corrected chi connectivity index (χ3v) is 4.72. The molecule has 0 aromatic rings. The van der Waals surface area contributed by atoms with Crippen LogP contribution in [-0.2, 0) is 19.1 Å². The fraction of sp³-hybridized carbons (Fsp3) is 0.875. The standard InChI is InChI=1S/C16H28N2O5/c1-17(12-16(21)6-9-23-10-7-16)14(19)11-18-8-4-3-5-13(22-2)15(18)20/h13,21H,3-12H2,1-2H3. The summed E-state index contributed by atoms with van der Waals surface area (Å²) in [6, 6.07) is 0. The molecule has 0 radical (unpaired) electrons. The van der Waals surface area contributed by atoms with Gasteiger partial charge in [0.15, 0.2) is 0 Å². The van der Waals surface area contributed by atoms with Gasteiger partial charge in [-0.25, -0.2) is 0 Å². The van der Waals surface area contributed by atoms with E-state index in [0.29, 0.717) is 39.0 Å². The van der Waals surface area contributed by atoms with Crippen molar-refractivity contribution in [2.45, 2.75) is 43.8 Å². The third-order valence-electron chi connectivity index (χ3n) is 4.72. The Labute approximate surface area is 137 Å². The molecule has 1 N–H and O–H groups in total. The van der Waals surface area contributed by atoms with Gasteiger partial charge in [-0.2, -0.15) is 0 Å². The van der Waals surface area contributed by atoms with E-state index in [-0.39, 0.29) is 24.9 Å². The van der Waals surface area contributed by atoms with Gasteiger partial charge >= 0.3 is 0 Å². The van der Waals surface area contributed by atoms with Gasteiger partial charge in [-0.3, -0.25) is 9.59 Å². The Morgan fingerprint density at radius 3 is 2.78 bits per heavy atom. The third kappa shape index (κ3) is 4.89. The molecule has 0 aromatic heterocycles. The van der Waals surface area contributed by atoms with E-state index in [0.717, 1.165) is 12.8 Å². The summed E-state index contributed by atoms with van der Waals surface area (Å²) in [7, 11) is 3.20. The molecule has 2 heterocycles. The van der Waals surface area contributed by atoms with E-state index in [9.17, 15) is 14.7 Å².